The summed E-state index contributed by atoms with van der Waals surface area (Å²) in [5, 5.41) is 6.67. The minimum absolute atomic E-state index is 0.0141. The molecule has 0 unspecified atom stereocenters. The van der Waals surface area contributed by atoms with Crippen LogP contribution < -0.4 is 15.9 Å². The van der Waals surface area contributed by atoms with Gasteiger partial charge in [0.1, 0.15) is 10.9 Å². The summed E-state index contributed by atoms with van der Waals surface area (Å²) in [7, 11) is 0. The van der Waals surface area contributed by atoms with Crippen molar-refractivity contribution in [2.75, 3.05) is 11.9 Å². The van der Waals surface area contributed by atoms with Crippen LogP contribution in [0.5, 0.6) is 5.88 Å². The topological polar surface area (TPSA) is 85.4 Å². The van der Waals surface area contributed by atoms with Crippen molar-refractivity contribution in [3.8, 4) is 5.88 Å². The summed E-state index contributed by atoms with van der Waals surface area (Å²) >= 11 is 11.7. The van der Waals surface area contributed by atoms with Crippen molar-refractivity contribution in [1.29, 1.82) is 0 Å². The number of halogens is 2. The number of nitrogens with two attached hydrogens (primary N) is 1. The Balaban J connectivity index is 3.03. The van der Waals surface area contributed by atoms with E-state index in [-0.39, 0.29) is 22.0 Å². The Morgan fingerprint density at radius 1 is 1.50 bits per heavy atom. The molecule has 16 heavy (non-hydrogen) atoms. The molecule has 1 rings (SSSR count). The second-order valence-corrected chi connectivity index (χ2v) is 3.53. The molecule has 0 saturated carbocycles. The molecule has 0 saturated heterocycles. The van der Waals surface area contributed by atoms with E-state index in [1.807, 2.05) is 6.92 Å². The van der Waals surface area contributed by atoms with E-state index in [4.69, 9.17) is 33.8 Å². The first-order valence-corrected chi connectivity index (χ1v) is 5.24. The predicted octanol–water partition coefficient (Wildman–Crippen LogP) is 1.89. The number of hydrogen-bond acceptors (Lipinski definition) is 5. The van der Waals surface area contributed by atoms with E-state index in [2.05, 4.69) is 20.4 Å². The molecule has 1 aromatic rings. The number of hydrogen-bond donors (Lipinski definition) is 2. The SMILES string of the molecule is CCNc1nc(Cl)nc(ON=C(C)N)c1Cl. The predicted molar refractivity (Wildman–Crippen MR) is 64.1 cm³/mol. The fraction of sp³-hybridized carbons (Fsp3) is 0.375. The van der Waals surface area contributed by atoms with Gasteiger partial charge in [0.05, 0.1) is 0 Å². The van der Waals surface area contributed by atoms with Crippen LogP contribution in [0.15, 0.2) is 5.16 Å². The van der Waals surface area contributed by atoms with Gasteiger partial charge in [-0.05, 0) is 25.4 Å². The van der Waals surface area contributed by atoms with Crippen molar-refractivity contribution in [3.05, 3.63) is 10.3 Å². The molecule has 6 nitrogen and oxygen atoms in total. The summed E-state index contributed by atoms with van der Waals surface area (Å²) in [5.74, 6) is 0.697. The van der Waals surface area contributed by atoms with Crippen LogP contribution in [-0.2, 0) is 0 Å². The zero-order valence-electron chi connectivity index (χ0n) is 8.79. The molecule has 88 valence electrons. The van der Waals surface area contributed by atoms with E-state index in [0.29, 0.717) is 12.4 Å². The highest BCUT2D eigenvalue weighted by molar-refractivity contribution is 6.35. The molecule has 1 aromatic heterocycles. The second kappa shape index (κ2) is 5.72. The molecule has 0 aliphatic rings. The lowest BCUT2D eigenvalue weighted by Crippen LogP contribution is -2.08. The van der Waals surface area contributed by atoms with E-state index >= 15 is 0 Å². The highest BCUT2D eigenvalue weighted by Crippen LogP contribution is 2.30. The maximum atomic E-state index is 5.96. The molecule has 0 spiro atoms. The van der Waals surface area contributed by atoms with Crippen molar-refractivity contribution in [3.63, 3.8) is 0 Å². The standard InChI is InChI=1S/C8H11Cl2N5O/c1-3-12-6-5(9)7(14-8(10)13-6)16-15-4(2)11/h3H2,1-2H3,(H2,11,15)(H,12,13,14). The van der Waals surface area contributed by atoms with Gasteiger partial charge in [-0.25, -0.2) is 0 Å². The smallest absolute Gasteiger partial charge is 0.274 e. The number of rotatable bonds is 4. The Bertz CT molecular complexity index is 406. The number of oxime groups is 1. The van der Waals surface area contributed by atoms with E-state index in [1.54, 1.807) is 6.92 Å². The zero-order chi connectivity index (χ0) is 12.1. The number of aromatic nitrogens is 2. The first-order valence-electron chi connectivity index (χ1n) is 4.48. The minimum Gasteiger partial charge on any atom is -0.385 e. The third kappa shape index (κ3) is 3.39. The summed E-state index contributed by atoms with van der Waals surface area (Å²) in [6, 6.07) is 0. The van der Waals surface area contributed by atoms with Crippen LogP contribution in [0.2, 0.25) is 10.3 Å². The summed E-state index contributed by atoms with van der Waals surface area (Å²) < 4.78 is 0. The monoisotopic (exact) mass is 263 g/mol. The minimum atomic E-state index is 0.0141. The Morgan fingerprint density at radius 2 is 2.19 bits per heavy atom. The van der Waals surface area contributed by atoms with Gasteiger partial charge >= 0.3 is 0 Å². The Morgan fingerprint density at radius 3 is 2.75 bits per heavy atom. The first-order chi connectivity index (χ1) is 7.54. The van der Waals surface area contributed by atoms with Crippen molar-refractivity contribution in [2.45, 2.75) is 13.8 Å². The van der Waals surface area contributed by atoms with Crippen LogP contribution in [0.25, 0.3) is 0 Å². The van der Waals surface area contributed by atoms with E-state index < -0.39 is 0 Å². The van der Waals surface area contributed by atoms with Crippen LogP contribution in [0, 0.1) is 0 Å². The molecule has 0 bridgehead atoms. The number of amidine groups is 1. The van der Waals surface area contributed by atoms with E-state index in [0.717, 1.165) is 0 Å². The maximum Gasteiger partial charge on any atom is 0.274 e. The molecule has 0 aliphatic carbocycles. The van der Waals surface area contributed by atoms with Gasteiger partial charge in [0.2, 0.25) is 5.28 Å². The molecule has 0 aliphatic heterocycles. The third-order valence-corrected chi connectivity index (χ3v) is 1.92. The highest BCUT2D eigenvalue weighted by Gasteiger charge is 2.13. The highest BCUT2D eigenvalue weighted by atomic mass is 35.5. The van der Waals surface area contributed by atoms with Gasteiger partial charge in [-0.15, -0.1) is 0 Å². The molecule has 0 radical (unpaired) electrons. The van der Waals surface area contributed by atoms with Crippen LogP contribution in [0.1, 0.15) is 13.8 Å². The van der Waals surface area contributed by atoms with Crippen LogP contribution in [-0.4, -0.2) is 22.3 Å². The summed E-state index contributed by atoms with van der Waals surface area (Å²) in [6.07, 6.45) is 0. The second-order valence-electron chi connectivity index (χ2n) is 2.81. The quantitative estimate of drug-likeness (QED) is 0.375. The molecule has 0 aromatic carbocycles. The fourth-order valence-electron chi connectivity index (χ4n) is 0.861. The lowest BCUT2D eigenvalue weighted by Gasteiger charge is -2.07. The average molecular weight is 264 g/mol. The Labute approximate surface area is 103 Å². The zero-order valence-corrected chi connectivity index (χ0v) is 10.3. The van der Waals surface area contributed by atoms with E-state index in [1.165, 1.54) is 0 Å². The molecule has 0 amide bonds. The average Bonchev–Trinajstić information content (AvgIpc) is 2.21. The molecular weight excluding hydrogens is 253 g/mol. The molecule has 3 N–H and O–H groups in total. The van der Waals surface area contributed by atoms with Gasteiger partial charge in [-0.1, -0.05) is 16.8 Å². The molecule has 8 heteroatoms. The number of nitrogens with zero attached hydrogens (tertiary/aromatic N) is 3. The van der Waals surface area contributed by atoms with Gasteiger partial charge in [0.15, 0.2) is 5.82 Å². The molecule has 0 atom stereocenters. The van der Waals surface area contributed by atoms with Crippen LogP contribution >= 0.6 is 23.2 Å². The lowest BCUT2D eigenvalue weighted by atomic mass is 10.5. The molecular formula is C8H11Cl2N5O. The summed E-state index contributed by atoms with van der Waals surface area (Å²) in [6.45, 7) is 4.11. The van der Waals surface area contributed by atoms with Gasteiger partial charge < -0.3 is 15.9 Å². The van der Waals surface area contributed by atoms with Gasteiger partial charge in [-0.2, -0.15) is 9.97 Å². The number of anilines is 1. The van der Waals surface area contributed by atoms with Crippen molar-refractivity contribution >= 4 is 34.9 Å². The normalized spacial score (nSPS) is 11.4. The lowest BCUT2D eigenvalue weighted by molar-refractivity contribution is 0.326. The van der Waals surface area contributed by atoms with Crippen LogP contribution in [0.3, 0.4) is 0 Å². The fourth-order valence-corrected chi connectivity index (χ4v) is 1.21. The van der Waals surface area contributed by atoms with Gasteiger partial charge in [0.25, 0.3) is 5.88 Å². The van der Waals surface area contributed by atoms with E-state index in [9.17, 15) is 0 Å². The molecule has 0 fully saturated rings. The first kappa shape index (κ1) is 12.8. The Kier molecular flexibility index (Phi) is 4.57. The van der Waals surface area contributed by atoms with Crippen molar-refractivity contribution in [1.82, 2.24) is 9.97 Å². The van der Waals surface area contributed by atoms with Crippen molar-refractivity contribution in [2.24, 2.45) is 10.9 Å². The van der Waals surface area contributed by atoms with Crippen LogP contribution in [0.4, 0.5) is 5.82 Å². The van der Waals surface area contributed by atoms with Crippen molar-refractivity contribution < 1.29 is 4.84 Å². The molecule has 1 heterocycles. The van der Waals surface area contributed by atoms with Gasteiger partial charge in [-0.3, -0.25) is 0 Å². The Hall–Kier alpha value is -1.27. The maximum absolute atomic E-state index is 5.96. The van der Waals surface area contributed by atoms with Gasteiger partial charge in [0, 0.05) is 6.54 Å². The number of nitrogens with one attached hydrogen (secondary N) is 1. The largest absolute Gasteiger partial charge is 0.385 e. The third-order valence-electron chi connectivity index (χ3n) is 1.41. The summed E-state index contributed by atoms with van der Waals surface area (Å²) in [5.41, 5.74) is 5.32. The summed E-state index contributed by atoms with van der Waals surface area (Å²) in [4.78, 5) is 12.6.